The van der Waals surface area contributed by atoms with Crippen molar-refractivity contribution in [1.82, 2.24) is 4.98 Å². The summed E-state index contributed by atoms with van der Waals surface area (Å²) >= 11 is 0. The monoisotopic (exact) mass is 283 g/mol. The van der Waals surface area contributed by atoms with Gasteiger partial charge in [0.15, 0.2) is 0 Å². The predicted molar refractivity (Wildman–Crippen MR) is 79.3 cm³/mol. The summed E-state index contributed by atoms with van der Waals surface area (Å²) in [5, 5.41) is 2.62. The summed E-state index contributed by atoms with van der Waals surface area (Å²) in [6.07, 6.45) is 1.05. The van der Waals surface area contributed by atoms with E-state index in [0.29, 0.717) is 11.4 Å². The van der Waals surface area contributed by atoms with Crippen LogP contribution in [-0.2, 0) is 0 Å². The fraction of sp³-hybridized carbons (Fsp3) is 0.125. The maximum Gasteiger partial charge on any atom is 0.257 e. The van der Waals surface area contributed by atoms with Crippen molar-refractivity contribution < 1.29 is 9.18 Å². The van der Waals surface area contributed by atoms with E-state index in [1.807, 2.05) is 13.0 Å². The van der Waals surface area contributed by atoms with E-state index in [-0.39, 0.29) is 12.5 Å². The van der Waals surface area contributed by atoms with Gasteiger partial charge in [-0.3, -0.25) is 4.79 Å². The molecule has 3 N–H and O–H groups in total. The van der Waals surface area contributed by atoms with E-state index in [1.165, 1.54) is 12.1 Å². The van der Waals surface area contributed by atoms with Gasteiger partial charge in [0, 0.05) is 11.1 Å². The molecular weight excluding hydrogens is 269 g/mol. The fourth-order valence-electron chi connectivity index (χ4n) is 1.80. The number of halogens is 1. The smallest absolute Gasteiger partial charge is 0.257 e. The molecule has 0 spiro atoms. The molecule has 2 rings (SSSR count). The number of anilines is 1. The van der Waals surface area contributed by atoms with Crippen LogP contribution in [0.3, 0.4) is 0 Å². The number of hydrogen-bond donors (Lipinski definition) is 2. The number of nitrogens with one attached hydrogen (secondary N) is 1. The minimum Gasteiger partial charge on any atom is -0.320 e. The van der Waals surface area contributed by atoms with Gasteiger partial charge in [0.1, 0.15) is 11.6 Å². The first kappa shape index (κ1) is 14.7. The number of aromatic nitrogens is 1. The Bertz CT molecular complexity index is 715. The van der Waals surface area contributed by atoms with Gasteiger partial charge in [0.2, 0.25) is 0 Å². The lowest BCUT2D eigenvalue weighted by atomic mass is 10.0. The van der Waals surface area contributed by atoms with Crippen LogP contribution >= 0.6 is 0 Å². The van der Waals surface area contributed by atoms with E-state index in [2.05, 4.69) is 22.1 Å². The summed E-state index contributed by atoms with van der Waals surface area (Å²) in [7, 11) is 0. The van der Waals surface area contributed by atoms with E-state index in [1.54, 1.807) is 12.1 Å². The maximum absolute atomic E-state index is 12.8. The van der Waals surface area contributed by atoms with Gasteiger partial charge in [-0.2, -0.15) is 0 Å². The summed E-state index contributed by atoms with van der Waals surface area (Å²) in [5.41, 5.74) is 7.35. The Morgan fingerprint density at radius 3 is 2.86 bits per heavy atom. The molecule has 0 saturated carbocycles. The Morgan fingerprint density at radius 1 is 1.38 bits per heavy atom. The van der Waals surface area contributed by atoms with Gasteiger partial charge in [-0.25, -0.2) is 9.37 Å². The number of carbonyl (C=O) groups is 1. The van der Waals surface area contributed by atoms with Crippen LogP contribution in [-0.4, -0.2) is 17.4 Å². The largest absolute Gasteiger partial charge is 0.320 e. The van der Waals surface area contributed by atoms with E-state index >= 15 is 0 Å². The summed E-state index contributed by atoms with van der Waals surface area (Å²) in [5.74, 6) is 5.20. The average Bonchev–Trinajstić information content (AvgIpc) is 2.48. The van der Waals surface area contributed by atoms with Crippen molar-refractivity contribution in [2.45, 2.75) is 6.92 Å². The summed E-state index contributed by atoms with van der Waals surface area (Å²) in [4.78, 5) is 16.0. The zero-order chi connectivity index (χ0) is 15.2. The highest BCUT2D eigenvalue weighted by Crippen LogP contribution is 2.15. The van der Waals surface area contributed by atoms with Gasteiger partial charge < -0.3 is 11.1 Å². The second kappa shape index (κ2) is 6.64. The molecular formula is C16H14FN3O. The molecule has 106 valence electrons. The second-order valence-corrected chi connectivity index (χ2v) is 4.30. The molecule has 0 fully saturated rings. The van der Waals surface area contributed by atoms with Crippen LogP contribution in [0.4, 0.5) is 10.2 Å². The first-order valence-corrected chi connectivity index (χ1v) is 6.33. The Balaban J connectivity index is 2.25. The lowest BCUT2D eigenvalue weighted by Gasteiger charge is -2.08. The quantitative estimate of drug-likeness (QED) is 0.829. The highest BCUT2D eigenvalue weighted by atomic mass is 19.1. The third kappa shape index (κ3) is 3.65. The Hall–Kier alpha value is -2.71. The lowest BCUT2D eigenvalue weighted by molar-refractivity contribution is 0.102. The third-order valence-corrected chi connectivity index (χ3v) is 2.87. The number of amides is 1. The van der Waals surface area contributed by atoms with Crippen molar-refractivity contribution in [2.24, 2.45) is 5.73 Å². The summed E-state index contributed by atoms with van der Waals surface area (Å²) in [6, 6.07) is 7.91. The molecule has 1 amide bonds. The van der Waals surface area contributed by atoms with Crippen LogP contribution in [0.25, 0.3) is 0 Å². The molecule has 1 heterocycles. The average molecular weight is 283 g/mol. The molecule has 5 heteroatoms. The maximum atomic E-state index is 12.8. The number of benzene rings is 1. The summed E-state index contributed by atoms with van der Waals surface area (Å²) in [6.45, 7) is 2.07. The number of hydrogen-bond acceptors (Lipinski definition) is 3. The Kier molecular flexibility index (Phi) is 4.64. The molecule has 1 aromatic carbocycles. The van der Waals surface area contributed by atoms with Crippen molar-refractivity contribution in [3.63, 3.8) is 0 Å². The van der Waals surface area contributed by atoms with Crippen molar-refractivity contribution in [3.8, 4) is 11.8 Å². The molecule has 0 radical (unpaired) electrons. The Morgan fingerprint density at radius 2 is 2.19 bits per heavy atom. The van der Waals surface area contributed by atoms with Crippen molar-refractivity contribution in [1.29, 1.82) is 0 Å². The number of nitrogens with two attached hydrogens (primary N) is 1. The van der Waals surface area contributed by atoms with Gasteiger partial charge in [-0.05, 0) is 36.8 Å². The molecule has 0 bridgehead atoms. The first-order chi connectivity index (χ1) is 10.1. The topological polar surface area (TPSA) is 68.0 Å². The molecule has 0 aliphatic heterocycles. The molecule has 0 atom stereocenters. The second-order valence-electron chi connectivity index (χ2n) is 4.30. The van der Waals surface area contributed by atoms with Crippen molar-refractivity contribution in [3.05, 3.63) is 59.0 Å². The molecule has 0 saturated heterocycles. The molecule has 2 aromatic rings. The number of pyridine rings is 1. The fourth-order valence-corrected chi connectivity index (χ4v) is 1.80. The predicted octanol–water partition coefficient (Wildman–Crippen LogP) is 2.09. The number of rotatable bonds is 2. The van der Waals surface area contributed by atoms with Crippen molar-refractivity contribution >= 4 is 11.7 Å². The first-order valence-electron chi connectivity index (χ1n) is 6.33. The molecule has 1 aromatic heterocycles. The van der Waals surface area contributed by atoms with Crippen LogP contribution in [0.2, 0.25) is 0 Å². The standard InChI is InChI=1S/C16H14FN3O/c1-11-12(5-3-9-18)4-2-6-14(11)16(21)20-15-8-7-13(17)10-19-15/h2,4,6-8,10H,9,18H2,1H3,(H,19,20,21). The van der Waals surface area contributed by atoms with Gasteiger partial charge in [0.25, 0.3) is 5.91 Å². The molecule has 21 heavy (non-hydrogen) atoms. The zero-order valence-corrected chi connectivity index (χ0v) is 11.5. The van der Waals surface area contributed by atoms with E-state index in [4.69, 9.17) is 5.73 Å². The van der Waals surface area contributed by atoms with Crippen LogP contribution < -0.4 is 11.1 Å². The minimum atomic E-state index is -0.455. The normalized spacial score (nSPS) is 9.67. The number of nitrogens with zero attached hydrogens (tertiary/aromatic N) is 1. The van der Waals surface area contributed by atoms with Crippen LogP contribution in [0, 0.1) is 24.6 Å². The van der Waals surface area contributed by atoms with Crippen molar-refractivity contribution in [2.75, 3.05) is 11.9 Å². The third-order valence-electron chi connectivity index (χ3n) is 2.87. The van der Waals surface area contributed by atoms with Gasteiger partial charge in [-0.15, -0.1) is 0 Å². The highest BCUT2D eigenvalue weighted by Gasteiger charge is 2.11. The lowest BCUT2D eigenvalue weighted by Crippen LogP contribution is -2.14. The van der Waals surface area contributed by atoms with Crippen LogP contribution in [0.1, 0.15) is 21.5 Å². The van der Waals surface area contributed by atoms with Crippen LogP contribution in [0.5, 0.6) is 0 Å². The van der Waals surface area contributed by atoms with Gasteiger partial charge in [-0.1, -0.05) is 17.9 Å². The molecule has 0 unspecified atom stereocenters. The SMILES string of the molecule is Cc1c(C#CCN)cccc1C(=O)Nc1ccc(F)cn1. The molecule has 0 aliphatic rings. The van der Waals surface area contributed by atoms with Gasteiger partial charge >= 0.3 is 0 Å². The van der Waals surface area contributed by atoms with E-state index < -0.39 is 5.82 Å². The Labute approximate surface area is 122 Å². The minimum absolute atomic E-state index is 0.259. The zero-order valence-electron chi connectivity index (χ0n) is 11.5. The molecule has 0 aliphatic carbocycles. The van der Waals surface area contributed by atoms with Crippen LogP contribution in [0.15, 0.2) is 36.5 Å². The van der Waals surface area contributed by atoms with E-state index in [9.17, 15) is 9.18 Å². The summed E-state index contributed by atoms with van der Waals surface area (Å²) < 4.78 is 12.8. The number of carbonyl (C=O) groups excluding carboxylic acids is 1. The highest BCUT2D eigenvalue weighted by molar-refractivity contribution is 6.05. The molecule has 4 nitrogen and oxygen atoms in total. The van der Waals surface area contributed by atoms with E-state index in [0.717, 1.165) is 17.3 Å². The van der Waals surface area contributed by atoms with Gasteiger partial charge in [0.05, 0.1) is 12.7 Å².